The molecule has 0 N–H and O–H groups in total. The fourth-order valence-corrected chi connectivity index (χ4v) is 5.97. The molecule has 0 atom stereocenters. The average molecular weight is 377 g/mol. The summed E-state index contributed by atoms with van der Waals surface area (Å²) in [6, 6.07) is 4.77. The van der Waals surface area contributed by atoms with Gasteiger partial charge in [0.1, 0.15) is 0 Å². The molecule has 1 aromatic rings. The zero-order chi connectivity index (χ0) is 16.6. The second kappa shape index (κ2) is 6.89. The van der Waals surface area contributed by atoms with Gasteiger partial charge in [0, 0.05) is 22.1 Å². The fourth-order valence-electron chi connectivity index (χ4n) is 3.31. The Kier molecular flexibility index (Phi) is 5.24. The number of piperidine rings is 1. The van der Waals surface area contributed by atoms with Gasteiger partial charge in [0.05, 0.1) is 4.90 Å². The molecule has 1 aliphatic carbocycles. The SMILES string of the molecule is CCN1CCC(N(C2CC2)S(=O)(=O)c2cc(Cl)cc(Cl)c2)CC1. The predicted octanol–water partition coefficient (Wildman–Crippen LogP) is 3.63. The van der Waals surface area contributed by atoms with Crippen molar-refractivity contribution < 1.29 is 8.42 Å². The molecule has 1 saturated carbocycles. The van der Waals surface area contributed by atoms with Gasteiger partial charge >= 0.3 is 0 Å². The van der Waals surface area contributed by atoms with Crippen LogP contribution in [0.25, 0.3) is 0 Å². The van der Waals surface area contributed by atoms with Crippen molar-refractivity contribution in [3.63, 3.8) is 0 Å². The molecule has 2 aliphatic rings. The molecular weight excluding hydrogens is 355 g/mol. The summed E-state index contributed by atoms with van der Waals surface area (Å²) < 4.78 is 28.1. The summed E-state index contributed by atoms with van der Waals surface area (Å²) in [6.45, 7) is 5.07. The number of sulfonamides is 1. The van der Waals surface area contributed by atoms with Crippen LogP contribution < -0.4 is 0 Å². The smallest absolute Gasteiger partial charge is 0.243 e. The fraction of sp³-hybridized carbons (Fsp3) is 0.625. The summed E-state index contributed by atoms with van der Waals surface area (Å²) in [7, 11) is -3.56. The summed E-state index contributed by atoms with van der Waals surface area (Å²) in [5.41, 5.74) is 0. The molecule has 3 rings (SSSR count). The molecule has 0 unspecified atom stereocenters. The highest BCUT2D eigenvalue weighted by atomic mass is 35.5. The maximum Gasteiger partial charge on any atom is 0.243 e. The zero-order valence-electron chi connectivity index (χ0n) is 13.2. The van der Waals surface area contributed by atoms with Gasteiger partial charge in [-0.3, -0.25) is 0 Å². The van der Waals surface area contributed by atoms with E-state index in [0.29, 0.717) is 10.0 Å². The van der Waals surface area contributed by atoms with Crippen molar-refractivity contribution in [2.45, 2.75) is 49.6 Å². The van der Waals surface area contributed by atoms with Gasteiger partial charge in [0.2, 0.25) is 10.0 Å². The third kappa shape index (κ3) is 3.85. The second-order valence-electron chi connectivity index (χ2n) is 6.34. The van der Waals surface area contributed by atoms with Crippen LogP contribution in [0.1, 0.15) is 32.6 Å². The maximum absolute atomic E-state index is 13.2. The quantitative estimate of drug-likeness (QED) is 0.787. The lowest BCUT2D eigenvalue weighted by Crippen LogP contribution is -2.48. The summed E-state index contributed by atoms with van der Waals surface area (Å²) in [5, 5.41) is 0.709. The number of halogens is 2. The first kappa shape index (κ1) is 17.5. The summed E-state index contributed by atoms with van der Waals surface area (Å²) in [4.78, 5) is 2.57. The molecule has 23 heavy (non-hydrogen) atoms. The maximum atomic E-state index is 13.2. The topological polar surface area (TPSA) is 40.6 Å². The Hall–Kier alpha value is -0.330. The minimum Gasteiger partial charge on any atom is -0.303 e. The van der Waals surface area contributed by atoms with Crippen LogP contribution in [0.4, 0.5) is 0 Å². The molecule has 1 saturated heterocycles. The van der Waals surface area contributed by atoms with E-state index < -0.39 is 10.0 Å². The Morgan fingerprint density at radius 1 is 1.04 bits per heavy atom. The third-order valence-corrected chi connectivity index (χ3v) is 7.10. The van der Waals surface area contributed by atoms with Crippen LogP contribution in [0.2, 0.25) is 10.0 Å². The van der Waals surface area contributed by atoms with E-state index in [-0.39, 0.29) is 17.0 Å². The van der Waals surface area contributed by atoms with E-state index in [1.807, 2.05) is 0 Å². The van der Waals surface area contributed by atoms with Gasteiger partial charge < -0.3 is 4.90 Å². The molecule has 0 radical (unpaired) electrons. The summed E-state index contributed by atoms with van der Waals surface area (Å²) >= 11 is 12.0. The molecule has 0 amide bonds. The standard InChI is InChI=1S/C16H22Cl2N2O2S/c1-2-19-7-5-15(6-8-19)20(14-3-4-14)23(21,22)16-10-12(17)9-13(18)11-16/h9-11,14-15H,2-8H2,1H3. The minimum absolute atomic E-state index is 0.0769. The Labute approximate surface area is 148 Å². The van der Waals surface area contributed by atoms with Crippen molar-refractivity contribution in [1.82, 2.24) is 9.21 Å². The highest BCUT2D eigenvalue weighted by molar-refractivity contribution is 7.89. The van der Waals surface area contributed by atoms with Crippen LogP contribution in [-0.4, -0.2) is 49.3 Å². The molecule has 128 valence electrons. The first-order valence-corrected chi connectivity index (χ1v) is 10.3. The number of hydrogen-bond donors (Lipinski definition) is 0. The van der Waals surface area contributed by atoms with Crippen LogP contribution in [-0.2, 0) is 10.0 Å². The molecule has 1 aromatic carbocycles. The second-order valence-corrected chi connectivity index (χ2v) is 9.05. The highest BCUT2D eigenvalue weighted by Crippen LogP contribution is 2.37. The number of rotatable bonds is 5. The molecular formula is C16H22Cl2N2O2S. The third-order valence-electron chi connectivity index (χ3n) is 4.68. The highest BCUT2D eigenvalue weighted by Gasteiger charge is 2.43. The van der Waals surface area contributed by atoms with Gasteiger partial charge in [0.15, 0.2) is 0 Å². The zero-order valence-corrected chi connectivity index (χ0v) is 15.5. The monoisotopic (exact) mass is 376 g/mol. The lowest BCUT2D eigenvalue weighted by molar-refractivity contribution is 0.161. The Bertz CT molecular complexity index is 648. The van der Waals surface area contributed by atoms with E-state index in [2.05, 4.69) is 11.8 Å². The van der Waals surface area contributed by atoms with Gasteiger partial charge in [-0.05, 0) is 63.5 Å². The van der Waals surface area contributed by atoms with E-state index in [4.69, 9.17) is 23.2 Å². The average Bonchev–Trinajstić information content (AvgIpc) is 3.31. The van der Waals surface area contributed by atoms with Crippen molar-refractivity contribution in [2.24, 2.45) is 0 Å². The van der Waals surface area contributed by atoms with Crippen molar-refractivity contribution in [1.29, 1.82) is 0 Å². The Morgan fingerprint density at radius 3 is 2.04 bits per heavy atom. The van der Waals surface area contributed by atoms with Gasteiger partial charge in [-0.25, -0.2) is 8.42 Å². The van der Waals surface area contributed by atoms with Crippen LogP contribution >= 0.6 is 23.2 Å². The van der Waals surface area contributed by atoms with Gasteiger partial charge in [-0.15, -0.1) is 0 Å². The van der Waals surface area contributed by atoms with Crippen LogP contribution in [0.3, 0.4) is 0 Å². The number of hydrogen-bond acceptors (Lipinski definition) is 3. The van der Waals surface area contributed by atoms with E-state index in [1.165, 1.54) is 12.1 Å². The first-order valence-electron chi connectivity index (χ1n) is 8.14. The lowest BCUT2D eigenvalue weighted by atomic mass is 10.1. The number of likely N-dealkylation sites (tertiary alicyclic amines) is 1. The van der Waals surface area contributed by atoms with Crippen LogP contribution in [0.5, 0.6) is 0 Å². The predicted molar refractivity (Wildman–Crippen MR) is 93.6 cm³/mol. The van der Waals surface area contributed by atoms with Gasteiger partial charge in [-0.1, -0.05) is 30.1 Å². The van der Waals surface area contributed by atoms with E-state index in [0.717, 1.165) is 45.3 Å². The van der Waals surface area contributed by atoms with E-state index in [1.54, 1.807) is 10.4 Å². The minimum atomic E-state index is -3.56. The van der Waals surface area contributed by atoms with Crippen molar-refractivity contribution >= 4 is 33.2 Å². The van der Waals surface area contributed by atoms with Gasteiger partial charge in [-0.2, -0.15) is 4.31 Å². The Morgan fingerprint density at radius 2 is 1.57 bits per heavy atom. The van der Waals surface area contributed by atoms with Crippen molar-refractivity contribution in [3.8, 4) is 0 Å². The molecule has 1 aliphatic heterocycles. The van der Waals surface area contributed by atoms with Crippen LogP contribution in [0, 0.1) is 0 Å². The first-order chi connectivity index (χ1) is 10.9. The largest absolute Gasteiger partial charge is 0.303 e. The normalized spacial score (nSPS) is 21.0. The number of nitrogens with zero attached hydrogens (tertiary/aromatic N) is 2. The summed E-state index contributed by atoms with van der Waals surface area (Å²) in [6.07, 6.45) is 3.67. The van der Waals surface area contributed by atoms with Gasteiger partial charge in [0.25, 0.3) is 0 Å². The summed E-state index contributed by atoms with van der Waals surface area (Å²) in [5.74, 6) is 0. The molecule has 7 heteroatoms. The molecule has 0 spiro atoms. The lowest BCUT2D eigenvalue weighted by Gasteiger charge is -2.37. The molecule has 4 nitrogen and oxygen atoms in total. The molecule has 0 aromatic heterocycles. The van der Waals surface area contributed by atoms with E-state index in [9.17, 15) is 8.42 Å². The Balaban J connectivity index is 1.88. The van der Waals surface area contributed by atoms with E-state index >= 15 is 0 Å². The number of benzene rings is 1. The molecule has 2 fully saturated rings. The van der Waals surface area contributed by atoms with Crippen molar-refractivity contribution in [2.75, 3.05) is 19.6 Å². The van der Waals surface area contributed by atoms with Crippen molar-refractivity contribution in [3.05, 3.63) is 28.2 Å². The van der Waals surface area contributed by atoms with Crippen LogP contribution in [0.15, 0.2) is 23.1 Å². The molecule has 1 heterocycles. The molecule has 0 bridgehead atoms.